The topological polar surface area (TPSA) is 75.9 Å². The molecule has 4 fully saturated rings. The molecule has 172 valence electrons. The number of sulfonamides is 1. The molecule has 1 saturated carbocycles. The summed E-state index contributed by atoms with van der Waals surface area (Å²) in [5, 5.41) is -0.139. The van der Waals surface area contributed by atoms with Crippen LogP contribution in [0.15, 0.2) is 18.2 Å². The molecule has 0 amide bonds. The predicted octanol–water partition coefficient (Wildman–Crippen LogP) is 2.40. The van der Waals surface area contributed by atoms with Gasteiger partial charge in [0.05, 0.1) is 11.9 Å². The van der Waals surface area contributed by atoms with E-state index in [1.165, 1.54) is 6.07 Å². The Bertz CT molecular complexity index is 932. The van der Waals surface area contributed by atoms with E-state index in [0.29, 0.717) is 26.1 Å². The molecule has 1 aromatic rings. The third kappa shape index (κ3) is 4.15. The van der Waals surface area contributed by atoms with E-state index >= 15 is 0 Å². The van der Waals surface area contributed by atoms with Gasteiger partial charge in [-0.2, -0.15) is 0 Å². The Kier molecular flexibility index (Phi) is 5.62. The molecule has 1 aliphatic carbocycles. The van der Waals surface area contributed by atoms with Crippen molar-refractivity contribution in [3.8, 4) is 0 Å². The van der Waals surface area contributed by atoms with E-state index in [-0.39, 0.29) is 22.3 Å². The number of rotatable bonds is 4. The maximum Gasteiger partial charge on any atom is 0.216 e. The van der Waals surface area contributed by atoms with Crippen LogP contribution in [0.5, 0.6) is 0 Å². The van der Waals surface area contributed by atoms with Crippen LogP contribution >= 0.6 is 0 Å². The van der Waals surface area contributed by atoms with Gasteiger partial charge in [-0.05, 0) is 75.2 Å². The largest absolute Gasteiger partial charge is 0.370 e. The van der Waals surface area contributed by atoms with Crippen LogP contribution in [-0.4, -0.2) is 67.7 Å². The monoisotopic (exact) mass is 455 g/mol. The maximum absolute atomic E-state index is 14.2. The van der Waals surface area contributed by atoms with Gasteiger partial charge < -0.3 is 10.5 Å². The molecular weight excluding hydrogens is 424 g/mol. The zero-order chi connectivity index (χ0) is 21.8. The second-order valence-electron chi connectivity index (χ2n) is 9.84. The van der Waals surface area contributed by atoms with E-state index in [1.807, 2.05) is 0 Å². The predicted molar refractivity (Wildman–Crippen MR) is 113 cm³/mol. The van der Waals surface area contributed by atoms with Crippen LogP contribution in [-0.2, 0) is 14.8 Å². The number of hydrogen-bond donors (Lipinski definition) is 1. The summed E-state index contributed by atoms with van der Waals surface area (Å²) >= 11 is 0. The van der Waals surface area contributed by atoms with Crippen molar-refractivity contribution in [3.63, 3.8) is 0 Å². The fraction of sp³-hybridized carbons (Fsp3) is 0.727. The van der Waals surface area contributed by atoms with E-state index in [1.54, 1.807) is 4.31 Å². The zero-order valence-electron chi connectivity index (χ0n) is 17.7. The molecule has 3 unspecified atom stereocenters. The highest BCUT2D eigenvalue weighted by atomic mass is 32.2. The lowest BCUT2D eigenvalue weighted by atomic mass is 9.77. The van der Waals surface area contributed by atoms with Gasteiger partial charge in [-0.25, -0.2) is 21.5 Å². The quantitative estimate of drug-likeness (QED) is 0.755. The van der Waals surface area contributed by atoms with Crippen LogP contribution in [0.2, 0.25) is 0 Å². The van der Waals surface area contributed by atoms with Crippen LogP contribution in [0.1, 0.15) is 50.2 Å². The van der Waals surface area contributed by atoms with Crippen molar-refractivity contribution in [3.05, 3.63) is 35.4 Å². The molecule has 9 heteroatoms. The summed E-state index contributed by atoms with van der Waals surface area (Å²) in [6, 6.07) is 3.13. The Labute approximate surface area is 182 Å². The molecule has 6 nitrogen and oxygen atoms in total. The van der Waals surface area contributed by atoms with E-state index < -0.39 is 33.8 Å². The van der Waals surface area contributed by atoms with Crippen LogP contribution in [0.4, 0.5) is 8.78 Å². The van der Waals surface area contributed by atoms with E-state index in [4.69, 9.17) is 10.5 Å². The van der Waals surface area contributed by atoms with Gasteiger partial charge in [-0.3, -0.25) is 4.90 Å². The fourth-order valence-corrected chi connectivity index (χ4v) is 7.56. The van der Waals surface area contributed by atoms with Crippen molar-refractivity contribution in [2.75, 3.05) is 32.8 Å². The van der Waals surface area contributed by atoms with E-state index in [0.717, 1.165) is 57.3 Å². The van der Waals surface area contributed by atoms with Gasteiger partial charge in [-0.1, -0.05) is 0 Å². The van der Waals surface area contributed by atoms with Crippen LogP contribution in [0.25, 0.3) is 0 Å². The van der Waals surface area contributed by atoms with E-state index in [2.05, 4.69) is 4.90 Å². The first-order valence-corrected chi connectivity index (χ1v) is 12.8. The van der Waals surface area contributed by atoms with Crippen molar-refractivity contribution in [1.29, 1.82) is 0 Å². The molecule has 3 atom stereocenters. The Hall–Kier alpha value is -1.13. The summed E-state index contributed by atoms with van der Waals surface area (Å²) in [4.78, 5) is 2.38. The Morgan fingerprint density at radius 1 is 1.10 bits per heavy atom. The smallest absolute Gasteiger partial charge is 0.216 e. The lowest BCUT2D eigenvalue weighted by molar-refractivity contribution is -0.0626. The SMILES string of the molecule is NC1CC(N2CCC3(CC2)CCN(S(=O)(=O)C2CC2)C3)COC1c1cc(F)ccc1F. The first-order chi connectivity index (χ1) is 14.8. The van der Waals surface area contributed by atoms with Gasteiger partial charge in [0.15, 0.2) is 0 Å². The van der Waals surface area contributed by atoms with Gasteiger partial charge in [0.1, 0.15) is 17.7 Å². The molecule has 3 heterocycles. The average Bonchev–Trinajstić information content (AvgIpc) is 3.53. The molecule has 0 bridgehead atoms. The molecule has 4 aliphatic rings. The number of likely N-dealkylation sites (tertiary alicyclic amines) is 1. The first-order valence-electron chi connectivity index (χ1n) is 11.3. The van der Waals surface area contributed by atoms with Crippen molar-refractivity contribution >= 4 is 10.0 Å². The molecular formula is C22H31F2N3O3S. The third-order valence-corrected chi connectivity index (χ3v) is 10.1. The Morgan fingerprint density at radius 2 is 1.81 bits per heavy atom. The van der Waals surface area contributed by atoms with Gasteiger partial charge in [0.25, 0.3) is 0 Å². The summed E-state index contributed by atoms with van der Waals surface area (Å²) in [5.74, 6) is -0.989. The Morgan fingerprint density at radius 3 is 2.48 bits per heavy atom. The van der Waals surface area contributed by atoms with Gasteiger partial charge in [0, 0.05) is 30.7 Å². The zero-order valence-corrected chi connectivity index (χ0v) is 18.5. The molecule has 3 saturated heterocycles. The summed E-state index contributed by atoms with van der Waals surface area (Å²) in [5.41, 5.74) is 6.60. The normalized spacial score (nSPS) is 32.5. The molecule has 3 aliphatic heterocycles. The van der Waals surface area contributed by atoms with Gasteiger partial charge in [0.2, 0.25) is 10.0 Å². The minimum atomic E-state index is -3.10. The molecule has 1 spiro atoms. The molecule has 2 N–H and O–H groups in total. The Balaban J connectivity index is 1.17. The fourth-order valence-electron chi connectivity index (χ4n) is 5.61. The van der Waals surface area contributed by atoms with Crippen molar-refractivity contribution in [2.45, 2.75) is 62.0 Å². The number of ether oxygens (including phenoxy) is 1. The molecule has 1 aromatic carbocycles. The minimum absolute atomic E-state index is 0.0866. The summed E-state index contributed by atoms with van der Waals surface area (Å²) in [6.07, 6.45) is 4.52. The summed E-state index contributed by atoms with van der Waals surface area (Å²) in [7, 11) is -3.10. The van der Waals surface area contributed by atoms with Crippen LogP contribution in [0.3, 0.4) is 0 Å². The molecule has 0 radical (unpaired) electrons. The highest BCUT2D eigenvalue weighted by Gasteiger charge is 2.49. The highest BCUT2D eigenvalue weighted by Crippen LogP contribution is 2.44. The van der Waals surface area contributed by atoms with Crippen molar-refractivity contribution < 1.29 is 21.9 Å². The van der Waals surface area contributed by atoms with Crippen molar-refractivity contribution in [1.82, 2.24) is 9.21 Å². The van der Waals surface area contributed by atoms with Crippen LogP contribution < -0.4 is 5.73 Å². The first kappa shape index (κ1) is 21.7. The second kappa shape index (κ2) is 8.02. The third-order valence-electron chi connectivity index (χ3n) is 7.75. The number of benzene rings is 1. The number of nitrogens with two attached hydrogens (primary N) is 1. The molecule has 5 rings (SSSR count). The summed E-state index contributed by atoms with van der Waals surface area (Å²) < 4.78 is 60.6. The van der Waals surface area contributed by atoms with Crippen LogP contribution in [0, 0.1) is 17.0 Å². The second-order valence-corrected chi connectivity index (χ2v) is 12.0. The van der Waals surface area contributed by atoms with E-state index in [9.17, 15) is 17.2 Å². The highest BCUT2D eigenvalue weighted by molar-refractivity contribution is 7.90. The lowest BCUT2D eigenvalue weighted by Crippen LogP contribution is -2.53. The van der Waals surface area contributed by atoms with Gasteiger partial charge in [-0.15, -0.1) is 0 Å². The minimum Gasteiger partial charge on any atom is -0.370 e. The van der Waals surface area contributed by atoms with Gasteiger partial charge >= 0.3 is 0 Å². The number of nitrogens with zero attached hydrogens (tertiary/aromatic N) is 2. The standard InChI is InChI=1S/C22H31F2N3O3S/c23-15-1-4-19(24)18(11-15)21-20(25)12-16(13-30-21)26-8-5-22(6-9-26)7-10-27(14-22)31(28,29)17-2-3-17/h1,4,11,16-17,20-21H,2-3,5-10,12-14,25H2. The number of halogens is 2. The molecule has 31 heavy (non-hydrogen) atoms. The van der Waals surface area contributed by atoms with Crippen molar-refractivity contribution in [2.24, 2.45) is 11.1 Å². The lowest BCUT2D eigenvalue weighted by Gasteiger charge is -2.45. The molecule has 0 aromatic heterocycles. The average molecular weight is 456 g/mol. The summed E-state index contributed by atoms with van der Waals surface area (Å²) in [6.45, 7) is 3.51. The number of hydrogen-bond acceptors (Lipinski definition) is 5. The number of piperidine rings is 1. The maximum atomic E-state index is 14.2.